The molecule has 0 aromatic heterocycles. The number of hydrogen-bond donors (Lipinski definition) is 2. The first-order valence-electron chi connectivity index (χ1n) is 6.92. The number of carbonyl (C=O) groups is 1. The third-order valence-corrected chi connectivity index (χ3v) is 4.14. The lowest BCUT2D eigenvalue weighted by molar-refractivity contribution is -0.123. The van der Waals surface area contributed by atoms with Crippen LogP contribution in [0.15, 0.2) is 0 Å². The van der Waals surface area contributed by atoms with Crippen molar-refractivity contribution in [3.05, 3.63) is 0 Å². The van der Waals surface area contributed by atoms with Crippen LogP contribution in [0.25, 0.3) is 0 Å². The number of halogens is 1. The maximum Gasteiger partial charge on any atom is 0.234 e. The Bertz CT molecular complexity index is 269. The van der Waals surface area contributed by atoms with Crippen molar-refractivity contribution in [1.29, 1.82) is 0 Å². The summed E-state index contributed by atoms with van der Waals surface area (Å²) in [7, 11) is 0. The van der Waals surface area contributed by atoms with Crippen LogP contribution in [-0.4, -0.2) is 42.5 Å². The molecule has 106 valence electrons. The van der Waals surface area contributed by atoms with Crippen molar-refractivity contribution in [2.75, 3.05) is 19.6 Å². The lowest BCUT2D eigenvalue weighted by atomic mass is 9.95. The molecule has 2 aliphatic rings. The molecule has 1 amide bonds. The Morgan fingerprint density at radius 1 is 1.33 bits per heavy atom. The van der Waals surface area contributed by atoms with Gasteiger partial charge in [-0.3, -0.25) is 9.69 Å². The molecule has 2 atom stereocenters. The fourth-order valence-electron chi connectivity index (χ4n) is 2.94. The van der Waals surface area contributed by atoms with Gasteiger partial charge in [-0.2, -0.15) is 0 Å². The highest BCUT2D eigenvalue weighted by molar-refractivity contribution is 5.85. The van der Waals surface area contributed by atoms with Crippen LogP contribution in [0.4, 0.5) is 0 Å². The maximum absolute atomic E-state index is 11.9. The van der Waals surface area contributed by atoms with Crippen LogP contribution in [0.3, 0.4) is 0 Å². The Labute approximate surface area is 116 Å². The van der Waals surface area contributed by atoms with Gasteiger partial charge in [-0.1, -0.05) is 19.8 Å². The second kappa shape index (κ2) is 7.31. The van der Waals surface area contributed by atoms with E-state index in [1.54, 1.807) is 0 Å². The molecular weight excluding hydrogens is 250 g/mol. The highest BCUT2D eigenvalue weighted by Gasteiger charge is 2.25. The van der Waals surface area contributed by atoms with E-state index in [-0.39, 0.29) is 18.3 Å². The van der Waals surface area contributed by atoms with Gasteiger partial charge in [-0.05, 0) is 25.2 Å². The van der Waals surface area contributed by atoms with E-state index in [4.69, 9.17) is 5.73 Å². The predicted molar refractivity (Wildman–Crippen MR) is 75.8 cm³/mol. The molecule has 1 saturated heterocycles. The fraction of sp³-hybridized carbons (Fsp3) is 0.923. The molecule has 1 aliphatic carbocycles. The van der Waals surface area contributed by atoms with Crippen molar-refractivity contribution in [2.45, 2.75) is 51.1 Å². The molecule has 18 heavy (non-hydrogen) atoms. The Morgan fingerprint density at radius 2 is 2.00 bits per heavy atom. The number of nitrogens with two attached hydrogens (primary N) is 1. The molecule has 0 bridgehead atoms. The quantitative estimate of drug-likeness (QED) is 0.812. The van der Waals surface area contributed by atoms with Crippen molar-refractivity contribution in [3.8, 4) is 0 Å². The molecule has 1 saturated carbocycles. The molecule has 4 nitrogen and oxygen atoms in total. The summed E-state index contributed by atoms with van der Waals surface area (Å²) in [5.41, 5.74) is 5.98. The molecule has 0 radical (unpaired) electrons. The van der Waals surface area contributed by atoms with Crippen LogP contribution in [0.2, 0.25) is 0 Å². The minimum Gasteiger partial charge on any atom is -0.352 e. The van der Waals surface area contributed by atoms with E-state index in [2.05, 4.69) is 17.1 Å². The van der Waals surface area contributed by atoms with E-state index >= 15 is 0 Å². The molecule has 5 heteroatoms. The van der Waals surface area contributed by atoms with Crippen molar-refractivity contribution in [1.82, 2.24) is 10.2 Å². The standard InChI is InChI=1S/C13H25N3O.ClH/c1-10-8-16(7-6-12(10)14)9-13(17)15-11-4-2-3-5-11;/h10-12H,2-9,14H2,1H3,(H,15,17);1H. The van der Waals surface area contributed by atoms with E-state index in [0.29, 0.717) is 24.5 Å². The van der Waals surface area contributed by atoms with E-state index < -0.39 is 0 Å². The first kappa shape index (κ1) is 15.7. The first-order valence-corrected chi connectivity index (χ1v) is 6.92. The van der Waals surface area contributed by atoms with Crippen LogP contribution >= 0.6 is 12.4 Å². The SMILES string of the molecule is CC1CN(CC(=O)NC2CCCC2)CCC1N.Cl. The minimum absolute atomic E-state index is 0. The fourth-order valence-corrected chi connectivity index (χ4v) is 2.94. The molecule has 0 aromatic rings. The zero-order valence-corrected chi connectivity index (χ0v) is 12.0. The second-order valence-corrected chi connectivity index (χ2v) is 5.71. The number of piperidine rings is 1. The molecular formula is C13H26ClN3O. The Kier molecular flexibility index (Phi) is 6.39. The van der Waals surface area contributed by atoms with Gasteiger partial charge in [0.15, 0.2) is 0 Å². The van der Waals surface area contributed by atoms with Gasteiger partial charge < -0.3 is 11.1 Å². The zero-order valence-electron chi connectivity index (χ0n) is 11.2. The summed E-state index contributed by atoms with van der Waals surface area (Å²) in [4.78, 5) is 14.1. The predicted octanol–water partition coefficient (Wildman–Crippen LogP) is 1.14. The van der Waals surface area contributed by atoms with Gasteiger partial charge in [0.05, 0.1) is 6.54 Å². The number of likely N-dealkylation sites (tertiary alicyclic amines) is 1. The van der Waals surface area contributed by atoms with E-state index in [0.717, 1.165) is 32.4 Å². The summed E-state index contributed by atoms with van der Waals surface area (Å²) >= 11 is 0. The third-order valence-electron chi connectivity index (χ3n) is 4.14. The number of hydrogen-bond acceptors (Lipinski definition) is 3. The molecule has 1 heterocycles. The lowest BCUT2D eigenvalue weighted by Crippen LogP contribution is -2.49. The van der Waals surface area contributed by atoms with Gasteiger partial charge in [0.1, 0.15) is 0 Å². The van der Waals surface area contributed by atoms with Gasteiger partial charge in [-0.15, -0.1) is 12.4 Å². The molecule has 2 rings (SSSR count). The van der Waals surface area contributed by atoms with Crippen LogP contribution in [0, 0.1) is 5.92 Å². The topological polar surface area (TPSA) is 58.4 Å². The average molecular weight is 276 g/mol. The summed E-state index contributed by atoms with van der Waals surface area (Å²) in [6.07, 6.45) is 5.86. The molecule has 0 aromatic carbocycles. The van der Waals surface area contributed by atoms with Crippen LogP contribution in [0.1, 0.15) is 39.0 Å². The Morgan fingerprint density at radius 3 is 2.61 bits per heavy atom. The van der Waals surface area contributed by atoms with E-state index in [9.17, 15) is 4.79 Å². The first-order chi connectivity index (χ1) is 8.15. The number of amides is 1. The van der Waals surface area contributed by atoms with E-state index in [1.165, 1.54) is 12.8 Å². The number of nitrogens with zero attached hydrogens (tertiary/aromatic N) is 1. The molecule has 2 fully saturated rings. The largest absolute Gasteiger partial charge is 0.352 e. The lowest BCUT2D eigenvalue weighted by Gasteiger charge is -2.34. The summed E-state index contributed by atoms with van der Waals surface area (Å²) in [6.45, 7) is 4.64. The molecule has 3 N–H and O–H groups in total. The molecule has 2 unspecified atom stereocenters. The van der Waals surface area contributed by atoms with Gasteiger partial charge >= 0.3 is 0 Å². The van der Waals surface area contributed by atoms with Gasteiger partial charge in [0.25, 0.3) is 0 Å². The van der Waals surface area contributed by atoms with E-state index in [1.807, 2.05) is 0 Å². The summed E-state index contributed by atoms with van der Waals surface area (Å²) in [5.74, 6) is 0.697. The highest BCUT2D eigenvalue weighted by atomic mass is 35.5. The number of nitrogens with one attached hydrogen (secondary N) is 1. The van der Waals surface area contributed by atoms with Crippen molar-refractivity contribution >= 4 is 18.3 Å². The third kappa shape index (κ3) is 4.41. The molecule has 0 spiro atoms. The second-order valence-electron chi connectivity index (χ2n) is 5.71. The summed E-state index contributed by atoms with van der Waals surface area (Å²) in [6, 6.07) is 0.746. The van der Waals surface area contributed by atoms with Gasteiger partial charge in [0.2, 0.25) is 5.91 Å². The van der Waals surface area contributed by atoms with Crippen LogP contribution in [-0.2, 0) is 4.79 Å². The van der Waals surface area contributed by atoms with Gasteiger partial charge in [-0.25, -0.2) is 0 Å². The van der Waals surface area contributed by atoms with Gasteiger partial charge in [0, 0.05) is 25.2 Å². The number of carbonyl (C=O) groups excluding carboxylic acids is 1. The number of rotatable bonds is 3. The van der Waals surface area contributed by atoms with Crippen LogP contribution in [0.5, 0.6) is 0 Å². The van der Waals surface area contributed by atoms with Crippen molar-refractivity contribution < 1.29 is 4.79 Å². The monoisotopic (exact) mass is 275 g/mol. The minimum atomic E-state index is 0. The van der Waals surface area contributed by atoms with Crippen molar-refractivity contribution in [3.63, 3.8) is 0 Å². The summed E-state index contributed by atoms with van der Waals surface area (Å²) in [5, 5.41) is 3.14. The Balaban J connectivity index is 0.00000162. The maximum atomic E-state index is 11.9. The van der Waals surface area contributed by atoms with Crippen molar-refractivity contribution in [2.24, 2.45) is 11.7 Å². The normalized spacial score (nSPS) is 29.9. The van der Waals surface area contributed by atoms with Crippen LogP contribution < -0.4 is 11.1 Å². The smallest absolute Gasteiger partial charge is 0.234 e. The zero-order chi connectivity index (χ0) is 12.3. The Hall–Kier alpha value is -0.320. The highest BCUT2D eigenvalue weighted by Crippen LogP contribution is 2.18. The summed E-state index contributed by atoms with van der Waals surface area (Å²) < 4.78 is 0. The molecule has 1 aliphatic heterocycles. The average Bonchev–Trinajstić information content (AvgIpc) is 2.76.